The van der Waals surface area contributed by atoms with E-state index in [-0.39, 0.29) is 5.82 Å². The number of hydrogen-bond donors (Lipinski definition) is 2. The van der Waals surface area contributed by atoms with Gasteiger partial charge in [-0.25, -0.2) is 4.39 Å². The molecule has 2 N–H and O–H groups in total. The number of rotatable bonds is 3. The smallest absolute Gasteiger partial charge is 0.146 e. The molecule has 0 saturated heterocycles. The molecule has 0 radical (unpaired) electrons. The molecule has 0 bridgehead atoms. The van der Waals surface area contributed by atoms with Gasteiger partial charge in [0.25, 0.3) is 0 Å². The first-order valence-electron chi connectivity index (χ1n) is 4.29. The van der Waals surface area contributed by atoms with Gasteiger partial charge in [0.15, 0.2) is 0 Å². The van der Waals surface area contributed by atoms with Gasteiger partial charge in [-0.3, -0.25) is 0 Å². The van der Waals surface area contributed by atoms with Crippen LogP contribution in [-0.2, 0) is 0 Å². The molecule has 1 rings (SSSR count). The molecule has 0 spiro atoms. The number of benzene rings is 1. The van der Waals surface area contributed by atoms with Crippen molar-refractivity contribution in [3.05, 3.63) is 30.1 Å². The van der Waals surface area contributed by atoms with Gasteiger partial charge in [-0.1, -0.05) is 28.1 Å². The Hall–Kier alpha value is -0.610. The van der Waals surface area contributed by atoms with Crippen molar-refractivity contribution in [1.82, 2.24) is 0 Å². The van der Waals surface area contributed by atoms with Crippen LogP contribution in [0.5, 0.6) is 0 Å². The van der Waals surface area contributed by atoms with E-state index in [4.69, 9.17) is 0 Å². The van der Waals surface area contributed by atoms with E-state index in [0.29, 0.717) is 5.69 Å². The van der Waals surface area contributed by atoms with Crippen molar-refractivity contribution in [2.75, 3.05) is 5.32 Å². The van der Waals surface area contributed by atoms with Crippen LogP contribution in [0.15, 0.2) is 24.3 Å². The summed E-state index contributed by atoms with van der Waals surface area (Å²) in [6.07, 6.45) is -0.848. The fraction of sp³-hybridized carbons (Fsp3) is 0.400. The molecule has 1 unspecified atom stereocenters. The van der Waals surface area contributed by atoms with Gasteiger partial charge in [-0.05, 0) is 26.0 Å². The third kappa shape index (κ3) is 2.96. The lowest BCUT2D eigenvalue weighted by atomic mass is 10.2. The molecular weight excluding hydrogens is 249 g/mol. The van der Waals surface area contributed by atoms with Gasteiger partial charge < -0.3 is 10.4 Å². The average Bonchev–Trinajstić information content (AvgIpc) is 2.07. The van der Waals surface area contributed by atoms with E-state index in [0.717, 1.165) is 0 Å². The van der Waals surface area contributed by atoms with Gasteiger partial charge in [-0.15, -0.1) is 0 Å². The lowest BCUT2D eigenvalue weighted by molar-refractivity contribution is 0.172. The van der Waals surface area contributed by atoms with E-state index in [1.54, 1.807) is 32.0 Å². The number of para-hydroxylation sites is 1. The molecule has 0 heterocycles. The largest absolute Gasteiger partial charge is 0.372 e. The molecule has 0 fully saturated rings. The Kier molecular flexibility index (Phi) is 3.50. The average molecular weight is 262 g/mol. The standard InChI is InChI=1S/C10H13BrFNO/c1-10(2,11)9(14)13-8-6-4-3-5-7(8)12/h3-6,9,13-14H,1-2H3. The molecule has 2 nitrogen and oxygen atoms in total. The molecule has 1 atom stereocenters. The number of aliphatic hydroxyl groups is 1. The van der Waals surface area contributed by atoms with Crippen LogP contribution in [0.25, 0.3) is 0 Å². The van der Waals surface area contributed by atoms with Gasteiger partial charge in [0.05, 0.1) is 10.0 Å². The van der Waals surface area contributed by atoms with Crippen molar-refractivity contribution in [2.45, 2.75) is 24.4 Å². The summed E-state index contributed by atoms with van der Waals surface area (Å²) in [5.74, 6) is -0.372. The van der Waals surface area contributed by atoms with E-state index in [2.05, 4.69) is 21.2 Å². The first-order valence-corrected chi connectivity index (χ1v) is 5.08. The Labute approximate surface area is 91.3 Å². The summed E-state index contributed by atoms with van der Waals surface area (Å²) in [7, 11) is 0. The van der Waals surface area contributed by atoms with Crippen molar-refractivity contribution >= 4 is 21.6 Å². The highest BCUT2D eigenvalue weighted by Gasteiger charge is 2.24. The predicted octanol–water partition coefficient (Wildman–Crippen LogP) is 2.73. The van der Waals surface area contributed by atoms with E-state index >= 15 is 0 Å². The van der Waals surface area contributed by atoms with Crippen LogP contribution in [0.4, 0.5) is 10.1 Å². The fourth-order valence-electron chi connectivity index (χ4n) is 0.897. The van der Waals surface area contributed by atoms with Crippen LogP contribution in [0, 0.1) is 5.82 Å². The summed E-state index contributed by atoms with van der Waals surface area (Å²) < 4.78 is 12.6. The van der Waals surface area contributed by atoms with Gasteiger partial charge in [0.2, 0.25) is 0 Å². The highest BCUT2D eigenvalue weighted by molar-refractivity contribution is 9.10. The van der Waals surface area contributed by atoms with Crippen LogP contribution in [0.1, 0.15) is 13.8 Å². The molecule has 1 aromatic rings. The summed E-state index contributed by atoms with van der Waals surface area (Å²) in [5.41, 5.74) is 0.299. The molecule has 0 aromatic heterocycles. The molecule has 0 aliphatic heterocycles. The summed E-state index contributed by atoms with van der Waals surface area (Å²) in [6.45, 7) is 3.59. The first-order chi connectivity index (χ1) is 6.41. The predicted molar refractivity (Wildman–Crippen MR) is 59.0 cm³/mol. The van der Waals surface area contributed by atoms with Crippen LogP contribution in [0.2, 0.25) is 0 Å². The number of hydrogen-bond acceptors (Lipinski definition) is 2. The zero-order valence-electron chi connectivity index (χ0n) is 8.09. The summed E-state index contributed by atoms with van der Waals surface area (Å²) >= 11 is 3.29. The summed E-state index contributed by atoms with van der Waals surface area (Å²) in [5, 5.41) is 12.3. The van der Waals surface area contributed by atoms with E-state index < -0.39 is 10.6 Å². The fourth-order valence-corrected chi connectivity index (χ4v) is 1.01. The van der Waals surface area contributed by atoms with Gasteiger partial charge in [0, 0.05) is 0 Å². The second-order valence-corrected chi connectivity index (χ2v) is 5.63. The maximum atomic E-state index is 13.1. The zero-order chi connectivity index (χ0) is 10.8. The maximum Gasteiger partial charge on any atom is 0.146 e. The Morgan fingerprint density at radius 2 is 2.00 bits per heavy atom. The third-order valence-corrected chi connectivity index (χ3v) is 2.25. The second-order valence-electron chi connectivity index (χ2n) is 3.59. The van der Waals surface area contributed by atoms with Crippen molar-refractivity contribution in [3.8, 4) is 0 Å². The third-order valence-electron chi connectivity index (χ3n) is 1.82. The zero-order valence-corrected chi connectivity index (χ0v) is 9.68. The van der Waals surface area contributed by atoms with E-state index in [9.17, 15) is 9.50 Å². The van der Waals surface area contributed by atoms with Crippen LogP contribution >= 0.6 is 15.9 Å². The van der Waals surface area contributed by atoms with Gasteiger partial charge >= 0.3 is 0 Å². The van der Waals surface area contributed by atoms with Crippen LogP contribution in [0.3, 0.4) is 0 Å². The highest BCUT2D eigenvalue weighted by Crippen LogP contribution is 2.23. The number of halogens is 2. The number of alkyl halides is 1. The molecule has 0 aliphatic rings. The lowest BCUT2D eigenvalue weighted by Gasteiger charge is -2.25. The monoisotopic (exact) mass is 261 g/mol. The quantitative estimate of drug-likeness (QED) is 0.648. The van der Waals surface area contributed by atoms with Gasteiger partial charge in [0.1, 0.15) is 12.0 Å². The SMILES string of the molecule is CC(C)(Br)C(O)Nc1ccccc1F. The van der Waals surface area contributed by atoms with E-state index in [1.165, 1.54) is 6.07 Å². The molecule has 14 heavy (non-hydrogen) atoms. The molecule has 0 amide bonds. The highest BCUT2D eigenvalue weighted by atomic mass is 79.9. The van der Waals surface area contributed by atoms with Crippen molar-refractivity contribution in [1.29, 1.82) is 0 Å². The molecule has 1 aromatic carbocycles. The normalized spacial score (nSPS) is 13.8. The molecule has 0 aliphatic carbocycles. The van der Waals surface area contributed by atoms with Crippen LogP contribution in [-0.4, -0.2) is 15.7 Å². The van der Waals surface area contributed by atoms with Crippen LogP contribution < -0.4 is 5.32 Å². The minimum Gasteiger partial charge on any atom is -0.372 e. The number of anilines is 1. The Balaban J connectivity index is 2.75. The minimum atomic E-state index is -0.848. The Morgan fingerprint density at radius 3 is 2.50 bits per heavy atom. The number of nitrogens with one attached hydrogen (secondary N) is 1. The van der Waals surface area contributed by atoms with Crippen molar-refractivity contribution in [2.24, 2.45) is 0 Å². The first kappa shape index (κ1) is 11.5. The molecule has 4 heteroatoms. The summed E-state index contributed by atoms with van der Waals surface area (Å²) in [6, 6.07) is 6.24. The lowest BCUT2D eigenvalue weighted by Crippen LogP contribution is -2.36. The van der Waals surface area contributed by atoms with Gasteiger partial charge in [-0.2, -0.15) is 0 Å². The van der Waals surface area contributed by atoms with Crippen molar-refractivity contribution < 1.29 is 9.50 Å². The van der Waals surface area contributed by atoms with Crippen molar-refractivity contribution in [3.63, 3.8) is 0 Å². The molecule has 78 valence electrons. The molecular formula is C10H13BrFNO. The second kappa shape index (κ2) is 4.28. The summed E-state index contributed by atoms with van der Waals surface area (Å²) in [4.78, 5) is 0. The Bertz CT molecular complexity index is 311. The minimum absolute atomic E-state index is 0.299. The topological polar surface area (TPSA) is 32.3 Å². The van der Waals surface area contributed by atoms with E-state index in [1.807, 2.05) is 0 Å². The number of aliphatic hydroxyl groups excluding tert-OH is 1. The Morgan fingerprint density at radius 1 is 1.43 bits per heavy atom. The molecule has 0 saturated carbocycles. The maximum absolute atomic E-state index is 13.1.